The molecule has 4 rings (SSSR count). The van der Waals surface area contributed by atoms with Gasteiger partial charge in [0.25, 0.3) is 0 Å². The Morgan fingerprint density at radius 1 is 0.718 bits per heavy atom. The predicted octanol–water partition coefficient (Wildman–Crippen LogP) is 5.15. The van der Waals surface area contributed by atoms with Gasteiger partial charge in [-0.1, -0.05) is 11.6 Å². The summed E-state index contributed by atoms with van der Waals surface area (Å²) in [5, 5.41) is 23.7. The van der Waals surface area contributed by atoms with Crippen LogP contribution in [-0.2, 0) is 0 Å². The molecule has 204 valence electrons. The molecule has 0 aliphatic heterocycles. The van der Waals surface area contributed by atoms with Crippen molar-refractivity contribution in [2.24, 2.45) is 17.2 Å². The number of rotatable bonds is 6. The van der Waals surface area contributed by atoms with Gasteiger partial charge < -0.3 is 22.5 Å². The molecule has 9 heteroatoms. The molecule has 0 spiro atoms. The van der Waals surface area contributed by atoms with Crippen LogP contribution in [0.5, 0.6) is 0 Å². The van der Waals surface area contributed by atoms with E-state index in [0.717, 1.165) is 65.5 Å². The molecule has 0 atom stereocenters. The van der Waals surface area contributed by atoms with E-state index >= 15 is 0 Å². The van der Waals surface area contributed by atoms with Gasteiger partial charge in [-0.3, -0.25) is 9.97 Å². The quantitative estimate of drug-likeness (QED) is 0.242. The second-order valence-corrected chi connectivity index (χ2v) is 9.54. The number of nitrogens with two attached hydrogens (primary N) is 3. The van der Waals surface area contributed by atoms with E-state index in [1.807, 2.05) is 32.0 Å². The summed E-state index contributed by atoms with van der Waals surface area (Å²) in [4.78, 5) is 8.56. The van der Waals surface area contributed by atoms with Crippen LogP contribution in [-0.4, -0.2) is 36.1 Å². The third kappa shape index (κ3) is 8.35. The Balaban J connectivity index is 0.000000238. The zero-order chi connectivity index (χ0) is 28.9. The van der Waals surface area contributed by atoms with Crippen molar-refractivity contribution in [1.82, 2.24) is 9.97 Å². The Bertz CT molecular complexity index is 1500. The van der Waals surface area contributed by atoms with E-state index in [2.05, 4.69) is 47.3 Å². The van der Waals surface area contributed by atoms with Crippen molar-refractivity contribution < 1.29 is 0 Å². The molecule has 2 heterocycles. The fourth-order valence-corrected chi connectivity index (χ4v) is 3.90. The van der Waals surface area contributed by atoms with E-state index in [4.69, 9.17) is 34.1 Å². The molecule has 0 radical (unpaired) electrons. The fraction of sp³-hybridized carbons (Fsp3) is 0.333. The maximum absolute atomic E-state index is 9.20. The molecule has 0 saturated heterocycles. The molecule has 0 aliphatic carbocycles. The Kier molecular flexibility index (Phi) is 12.6. The summed E-state index contributed by atoms with van der Waals surface area (Å²) in [7, 11) is 0. The number of anilines is 1. The van der Waals surface area contributed by atoms with Gasteiger partial charge in [-0.2, -0.15) is 10.5 Å². The minimum atomic E-state index is 0.424. The third-order valence-corrected chi connectivity index (χ3v) is 6.64. The Hall–Kier alpha value is -3.79. The number of pyridine rings is 2. The first-order valence-corrected chi connectivity index (χ1v) is 13.2. The molecule has 0 saturated carbocycles. The van der Waals surface area contributed by atoms with Crippen molar-refractivity contribution in [2.45, 2.75) is 40.5 Å². The van der Waals surface area contributed by atoms with Crippen molar-refractivity contribution in [3.8, 4) is 12.1 Å². The van der Waals surface area contributed by atoms with Gasteiger partial charge in [0.1, 0.15) is 12.1 Å². The highest BCUT2D eigenvalue weighted by atomic mass is 35.5. The monoisotopic (exact) mass is 544 g/mol. The molecule has 2 aromatic carbocycles. The number of hydrogen-bond donors (Lipinski definition) is 4. The topological polar surface area (TPSA) is 163 Å². The van der Waals surface area contributed by atoms with Gasteiger partial charge in [-0.25, -0.2) is 0 Å². The van der Waals surface area contributed by atoms with Gasteiger partial charge in [0.2, 0.25) is 0 Å². The van der Waals surface area contributed by atoms with E-state index in [9.17, 15) is 5.26 Å². The van der Waals surface area contributed by atoms with Crippen LogP contribution in [0.3, 0.4) is 0 Å². The van der Waals surface area contributed by atoms with E-state index in [-0.39, 0.29) is 0 Å². The van der Waals surface area contributed by atoms with E-state index < -0.39 is 0 Å². The number of nitrogens with zero attached hydrogens (tertiary/aromatic N) is 4. The molecule has 0 unspecified atom stereocenters. The van der Waals surface area contributed by atoms with Crippen LogP contribution in [0.1, 0.15) is 46.2 Å². The van der Waals surface area contributed by atoms with Crippen LogP contribution in [0.25, 0.3) is 21.8 Å². The Morgan fingerprint density at radius 2 is 1.18 bits per heavy atom. The highest BCUT2D eigenvalue weighted by Crippen LogP contribution is 2.28. The van der Waals surface area contributed by atoms with Crippen molar-refractivity contribution in [1.29, 1.82) is 10.5 Å². The summed E-state index contributed by atoms with van der Waals surface area (Å²) < 4.78 is 0. The standard InChI is InChI=1S/C15H18N4.C12H9ClN2.C3H10N2/c1-10-6-13-14(7-11(10)2)19-9-12(8-17)15(13)18-5-3-4-16;1-7-3-10-11(4-8(7)2)15-6-9(5-14)12(10)13;4-2-1-3-5/h6-7,9H,3-5,16H2,1-2H3,(H,18,19);3-4,6H,1-2H3;1-5H2. The second kappa shape index (κ2) is 15.6. The van der Waals surface area contributed by atoms with Gasteiger partial charge in [0.05, 0.1) is 32.9 Å². The molecule has 0 fully saturated rings. The molecular weight excluding hydrogens is 508 g/mol. The normalized spacial score (nSPS) is 10.1. The predicted molar refractivity (Wildman–Crippen MR) is 162 cm³/mol. The fourth-order valence-electron chi connectivity index (χ4n) is 3.66. The van der Waals surface area contributed by atoms with Crippen molar-refractivity contribution in [3.05, 3.63) is 75.1 Å². The maximum atomic E-state index is 9.20. The van der Waals surface area contributed by atoms with E-state index in [0.29, 0.717) is 22.7 Å². The number of aromatic nitrogens is 2. The van der Waals surface area contributed by atoms with Crippen LogP contribution >= 0.6 is 11.6 Å². The molecular formula is C30H37ClN8. The second-order valence-electron chi connectivity index (χ2n) is 9.16. The van der Waals surface area contributed by atoms with Crippen LogP contribution in [0.4, 0.5) is 5.69 Å². The van der Waals surface area contributed by atoms with E-state index in [1.54, 1.807) is 6.20 Å². The molecule has 4 aromatic rings. The highest BCUT2D eigenvalue weighted by Gasteiger charge is 2.10. The lowest BCUT2D eigenvalue weighted by Crippen LogP contribution is -2.10. The first-order chi connectivity index (χ1) is 18.7. The van der Waals surface area contributed by atoms with Crippen LogP contribution in [0.2, 0.25) is 5.02 Å². The van der Waals surface area contributed by atoms with Crippen LogP contribution < -0.4 is 22.5 Å². The molecule has 0 bridgehead atoms. The van der Waals surface area contributed by atoms with Gasteiger partial charge in [-0.15, -0.1) is 0 Å². The zero-order valence-corrected chi connectivity index (χ0v) is 23.9. The first kappa shape index (κ1) is 31.4. The molecule has 2 aromatic heterocycles. The minimum Gasteiger partial charge on any atom is -0.383 e. The minimum absolute atomic E-state index is 0.424. The molecule has 0 amide bonds. The highest BCUT2D eigenvalue weighted by molar-refractivity contribution is 6.36. The van der Waals surface area contributed by atoms with Gasteiger partial charge in [0, 0.05) is 29.7 Å². The summed E-state index contributed by atoms with van der Waals surface area (Å²) in [6.45, 7) is 11.0. The van der Waals surface area contributed by atoms with Gasteiger partial charge >= 0.3 is 0 Å². The number of fused-ring (bicyclic) bond motifs is 2. The van der Waals surface area contributed by atoms with Gasteiger partial charge in [-0.05, 0) is 107 Å². The number of nitriles is 2. The average molecular weight is 545 g/mol. The SMILES string of the molecule is Cc1cc2ncc(C#N)c(Cl)c2cc1C.Cc1cc2ncc(C#N)c(NCCCN)c2cc1C.NCCCN. The number of nitrogens with one attached hydrogen (secondary N) is 1. The zero-order valence-electron chi connectivity index (χ0n) is 23.1. The number of benzene rings is 2. The van der Waals surface area contributed by atoms with Gasteiger partial charge in [0.15, 0.2) is 0 Å². The Morgan fingerprint density at radius 3 is 1.67 bits per heavy atom. The van der Waals surface area contributed by atoms with Crippen molar-refractivity contribution >= 4 is 39.1 Å². The molecule has 7 N–H and O–H groups in total. The lowest BCUT2D eigenvalue weighted by atomic mass is 10.0. The molecule has 0 aliphatic rings. The lowest BCUT2D eigenvalue weighted by Gasteiger charge is -2.12. The Labute approximate surface area is 235 Å². The summed E-state index contributed by atoms with van der Waals surface area (Å²) in [6.07, 6.45) is 4.96. The number of aryl methyl sites for hydroxylation is 4. The summed E-state index contributed by atoms with van der Waals surface area (Å²) in [5.41, 5.74) is 24.0. The summed E-state index contributed by atoms with van der Waals surface area (Å²) in [5.74, 6) is 0. The lowest BCUT2D eigenvalue weighted by molar-refractivity contribution is 0.844. The third-order valence-electron chi connectivity index (χ3n) is 6.23. The average Bonchev–Trinajstić information content (AvgIpc) is 2.92. The largest absolute Gasteiger partial charge is 0.383 e. The smallest absolute Gasteiger partial charge is 0.103 e. The van der Waals surface area contributed by atoms with Crippen molar-refractivity contribution in [3.63, 3.8) is 0 Å². The molecule has 8 nitrogen and oxygen atoms in total. The summed E-state index contributed by atoms with van der Waals surface area (Å²) in [6, 6.07) is 12.3. The van der Waals surface area contributed by atoms with Crippen LogP contribution in [0.15, 0.2) is 36.7 Å². The van der Waals surface area contributed by atoms with Crippen LogP contribution in [0, 0.1) is 50.4 Å². The molecule has 39 heavy (non-hydrogen) atoms. The maximum Gasteiger partial charge on any atom is 0.103 e. The van der Waals surface area contributed by atoms with Crippen molar-refractivity contribution in [2.75, 3.05) is 31.5 Å². The number of hydrogen-bond acceptors (Lipinski definition) is 8. The van der Waals surface area contributed by atoms with E-state index in [1.165, 1.54) is 22.9 Å². The summed E-state index contributed by atoms with van der Waals surface area (Å²) >= 11 is 6.10. The first-order valence-electron chi connectivity index (χ1n) is 12.8. The number of halogens is 1.